The zero-order chi connectivity index (χ0) is 13.3. The van der Waals surface area contributed by atoms with Crippen LogP contribution in [0.25, 0.3) is 0 Å². The van der Waals surface area contributed by atoms with Gasteiger partial charge in [0.2, 0.25) is 0 Å². The van der Waals surface area contributed by atoms with Crippen molar-refractivity contribution in [2.24, 2.45) is 11.8 Å². The molecule has 2 rings (SSSR count). The van der Waals surface area contributed by atoms with Crippen LogP contribution >= 0.6 is 15.9 Å². The van der Waals surface area contributed by atoms with E-state index in [1.165, 1.54) is 6.42 Å². The number of carbonyl (C=O) groups excluding carboxylic acids is 1. The zero-order valence-electron chi connectivity index (χ0n) is 11.2. The van der Waals surface area contributed by atoms with Crippen molar-refractivity contribution in [3.63, 3.8) is 0 Å². The lowest BCUT2D eigenvalue weighted by atomic mass is 9.95. The molecular formula is C15H20BrNO. The number of nitrogens with zero attached hydrogens (tertiary/aromatic N) is 1. The van der Waals surface area contributed by atoms with Crippen molar-refractivity contribution >= 4 is 27.4 Å². The van der Waals surface area contributed by atoms with E-state index in [1.807, 2.05) is 12.1 Å². The molecule has 1 aliphatic rings. The molecule has 0 spiro atoms. The number of hydrogen-bond acceptors (Lipinski definition) is 2. The van der Waals surface area contributed by atoms with E-state index in [0.717, 1.165) is 34.7 Å². The van der Waals surface area contributed by atoms with E-state index in [-0.39, 0.29) is 5.78 Å². The smallest absolute Gasteiger partial charge is 0.161 e. The molecule has 1 atom stereocenters. The third-order valence-electron chi connectivity index (χ3n) is 3.85. The van der Waals surface area contributed by atoms with Crippen LogP contribution in [0.1, 0.15) is 37.6 Å². The van der Waals surface area contributed by atoms with Gasteiger partial charge in [0.1, 0.15) is 0 Å². The van der Waals surface area contributed by atoms with Crippen molar-refractivity contribution in [2.45, 2.75) is 27.2 Å². The van der Waals surface area contributed by atoms with Gasteiger partial charge in [-0.2, -0.15) is 0 Å². The van der Waals surface area contributed by atoms with E-state index in [4.69, 9.17) is 0 Å². The summed E-state index contributed by atoms with van der Waals surface area (Å²) in [4.78, 5) is 14.1. The largest absolute Gasteiger partial charge is 0.371 e. The monoisotopic (exact) mass is 309 g/mol. The van der Waals surface area contributed by atoms with Crippen LogP contribution in [0, 0.1) is 11.8 Å². The van der Waals surface area contributed by atoms with E-state index in [2.05, 4.69) is 40.7 Å². The molecule has 3 heteroatoms. The lowest BCUT2D eigenvalue weighted by Gasteiger charge is -2.22. The molecule has 0 N–H and O–H groups in total. The van der Waals surface area contributed by atoms with Crippen molar-refractivity contribution in [3.05, 3.63) is 28.2 Å². The lowest BCUT2D eigenvalue weighted by molar-refractivity contribution is 0.101. The van der Waals surface area contributed by atoms with Gasteiger partial charge >= 0.3 is 0 Å². The standard InChI is InChI=1S/C15H20BrNO/c1-10(2)12-6-7-17(9-12)15-8-13(16)4-5-14(15)11(3)18/h4-5,8,10,12H,6-7,9H2,1-3H3. The van der Waals surface area contributed by atoms with Gasteiger partial charge < -0.3 is 4.90 Å². The zero-order valence-corrected chi connectivity index (χ0v) is 12.8. The number of anilines is 1. The molecule has 0 aliphatic carbocycles. The number of hydrogen-bond donors (Lipinski definition) is 0. The molecule has 0 amide bonds. The third kappa shape index (κ3) is 2.77. The molecule has 0 bridgehead atoms. The molecule has 1 heterocycles. The van der Waals surface area contributed by atoms with Crippen molar-refractivity contribution in [2.75, 3.05) is 18.0 Å². The fourth-order valence-electron chi connectivity index (χ4n) is 2.61. The number of rotatable bonds is 3. The molecule has 0 radical (unpaired) electrons. The first kappa shape index (κ1) is 13.6. The van der Waals surface area contributed by atoms with Gasteiger partial charge in [-0.25, -0.2) is 0 Å². The van der Waals surface area contributed by atoms with E-state index >= 15 is 0 Å². The van der Waals surface area contributed by atoms with Crippen LogP contribution in [0.15, 0.2) is 22.7 Å². The molecule has 1 aliphatic heterocycles. The first-order chi connectivity index (χ1) is 8.49. The predicted octanol–water partition coefficient (Wildman–Crippen LogP) is 4.13. The van der Waals surface area contributed by atoms with Crippen LogP contribution in [-0.4, -0.2) is 18.9 Å². The summed E-state index contributed by atoms with van der Waals surface area (Å²) in [5.74, 6) is 1.59. The molecular weight excluding hydrogens is 290 g/mol. The second kappa shape index (κ2) is 5.43. The van der Waals surface area contributed by atoms with Gasteiger partial charge in [0, 0.05) is 28.8 Å². The SMILES string of the molecule is CC(=O)c1ccc(Br)cc1N1CCC(C(C)C)C1. The van der Waals surface area contributed by atoms with Crippen molar-refractivity contribution < 1.29 is 4.79 Å². The summed E-state index contributed by atoms with van der Waals surface area (Å²) in [6, 6.07) is 5.93. The fraction of sp³-hybridized carbons (Fsp3) is 0.533. The average molecular weight is 310 g/mol. The maximum absolute atomic E-state index is 11.7. The van der Waals surface area contributed by atoms with Crippen molar-refractivity contribution in [1.82, 2.24) is 0 Å². The molecule has 98 valence electrons. The third-order valence-corrected chi connectivity index (χ3v) is 4.34. The second-order valence-electron chi connectivity index (χ2n) is 5.46. The predicted molar refractivity (Wildman–Crippen MR) is 79.3 cm³/mol. The Labute approximate surface area is 117 Å². The molecule has 1 saturated heterocycles. The van der Waals surface area contributed by atoms with Gasteiger partial charge in [0.15, 0.2) is 5.78 Å². The maximum Gasteiger partial charge on any atom is 0.161 e. The summed E-state index contributed by atoms with van der Waals surface area (Å²) < 4.78 is 1.04. The number of carbonyl (C=O) groups is 1. The Morgan fingerprint density at radius 1 is 1.44 bits per heavy atom. The Hall–Kier alpha value is -0.830. The number of benzene rings is 1. The van der Waals surface area contributed by atoms with Gasteiger partial charge in [-0.1, -0.05) is 29.8 Å². The number of Topliss-reactive ketones (excluding diaryl/α,β-unsaturated/α-hetero) is 1. The van der Waals surface area contributed by atoms with E-state index in [1.54, 1.807) is 6.92 Å². The minimum Gasteiger partial charge on any atom is -0.371 e. The molecule has 0 saturated carbocycles. The highest BCUT2D eigenvalue weighted by molar-refractivity contribution is 9.10. The van der Waals surface area contributed by atoms with Gasteiger partial charge in [-0.05, 0) is 43.4 Å². The Kier molecular flexibility index (Phi) is 4.10. The molecule has 1 fully saturated rings. The Balaban J connectivity index is 2.28. The molecule has 1 unspecified atom stereocenters. The molecule has 2 nitrogen and oxygen atoms in total. The normalized spacial score (nSPS) is 19.6. The van der Waals surface area contributed by atoms with Gasteiger partial charge in [0.05, 0.1) is 0 Å². The minimum atomic E-state index is 0.144. The summed E-state index contributed by atoms with van der Waals surface area (Å²) in [7, 11) is 0. The quantitative estimate of drug-likeness (QED) is 0.782. The first-order valence-electron chi connectivity index (χ1n) is 6.54. The van der Waals surface area contributed by atoms with Crippen molar-refractivity contribution in [1.29, 1.82) is 0 Å². The average Bonchev–Trinajstić information content (AvgIpc) is 2.77. The summed E-state index contributed by atoms with van der Waals surface area (Å²) in [6.45, 7) is 8.32. The Morgan fingerprint density at radius 3 is 2.72 bits per heavy atom. The maximum atomic E-state index is 11.7. The van der Waals surface area contributed by atoms with Gasteiger partial charge in [-0.15, -0.1) is 0 Å². The number of halogens is 1. The summed E-state index contributed by atoms with van der Waals surface area (Å²) in [6.07, 6.45) is 1.22. The highest BCUT2D eigenvalue weighted by Gasteiger charge is 2.26. The summed E-state index contributed by atoms with van der Waals surface area (Å²) in [5, 5.41) is 0. The second-order valence-corrected chi connectivity index (χ2v) is 6.37. The molecule has 1 aromatic carbocycles. The van der Waals surface area contributed by atoms with Crippen molar-refractivity contribution in [3.8, 4) is 0 Å². The van der Waals surface area contributed by atoms with Crippen LogP contribution < -0.4 is 4.90 Å². The minimum absolute atomic E-state index is 0.144. The van der Waals surface area contributed by atoms with E-state index in [9.17, 15) is 4.79 Å². The van der Waals surface area contributed by atoms with Crippen LogP contribution in [0.5, 0.6) is 0 Å². The molecule has 18 heavy (non-hydrogen) atoms. The highest BCUT2D eigenvalue weighted by atomic mass is 79.9. The van der Waals surface area contributed by atoms with Crippen LogP contribution in [0.3, 0.4) is 0 Å². The topological polar surface area (TPSA) is 20.3 Å². The number of ketones is 1. The highest BCUT2D eigenvalue weighted by Crippen LogP contribution is 2.32. The summed E-state index contributed by atoms with van der Waals surface area (Å²) >= 11 is 3.50. The summed E-state index contributed by atoms with van der Waals surface area (Å²) in [5.41, 5.74) is 1.92. The van der Waals surface area contributed by atoms with Crippen LogP contribution in [-0.2, 0) is 0 Å². The fourth-order valence-corrected chi connectivity index (χ4v) is 2.96. The van der Waals surface area contributed by atoms with Gasteiger partial charge in [-0.3, -0.25) is 4.79 Å². The first-order valence-corrected chi connectivity index (χ1v) is 7.33. The van der Waals surface area contributed by atoms with Gasteiger partial charge in [0.25, 0.3) is 0 Å². The van der Waals surface area contributed by atoms with Crippen LogP contribution in [0.2, 0.25) is 0 Å². The lowest BCUT2D eigenvalue weighted by Crippen LogP contribution is -2.23. The Morgan fingerprint density at radius 2 is 2.17 bits per heavy atom. The van der Waals surface area contributed by atoms with Crippen LogP contribution in [0.4, 0.5) is 5.69 Å². The molecule has 1 aromatic rings. The van der Waals surface area contributed by atoms with E-state index in [0.29, 0.717) is 5.92 Å². The molecule has 0 aromatic heterocycles. The Bertz CT molecular complexity index is 456. The van der Waals surface area contributed by atoms with E-state index < -0.39 is 0 Å².